The smallest absolute Gasteiger partial charge is 0.372 e. The first-order valence-corrected chi connectivity index (χ1v) is 7.29. The van der Waals surface area contributed by atoms with E-state index in [-0.39, 0.29) is 48.1 Å². The Bertz CT molecular complexity index is 117. The second-order valence-electron chi connectivity index (χ2n) is 0.812. The molecule has 2 unspecified atom stereocenters. The molecule has 0 spiro atoms. The fourth-order valence-electron chi connectivity index (χ4n) is 0. The first-order valence-electron chi connectivity index (χ1n) is 2.91. The molecule has 19 heavy (non-hydrogen) atoms. The van der Waals surface area contributed by atoms with Crippen LogP contribution in [-0.4, -0.2) is 25.2 Å². The van der Waals surface area contributed by atoms with E-state index >= 15 is 0 Å². The molecule has 0 bridgehead atoms. The van der Waals surface area contributed by atoms with Gasteiger partial charge in [0, 0.05) is 0 Å². The van der Waals surface area contributed by atoms with E-state index in [0.29, 0.717) is 0 Å². The quantitative estimate of drug-likeness (QED) is 0.533. The van der Waals surface area contributed by atoms with Crippen molar-refractivity contribution >= 4 is 39.0 Å². The van der Waals surface area contributed by atoms with Crippen LogP contribution in [0.5, 0.6) is 0 Å². The molecule has 0 aromatic heterocycles. The fourth-order valence-corrected chi connectivity index (χ4v) is 0. The monoisotopic (exact) mass is 366 g/mol. The Hall–Kier alpha value is 0.740. The second-order valence-corrected chi connectivity index (χ2v) is 4.23. The van der Waals surface area contributed by atoms with Gasteiger partial charge in [-0.2, -0.15) is 9.05 Å². The second kappa shape index (κ2) is 77.2. The van der Waals surface area contributed by atoms with Crippen LogP contribution in [0.2, 0.25) is 0 Å². The van der Waals surface area contributed by atoms with Gasteiger partial charge in [-0.1, -0.05) is 60.1 Å². The van der Waals surface area contributed by atoms with Gasteiger partial charge in [-0.3, -0.25) is 0 Å². The predicted molar refractivity (Wildman–Crippen MR) is 96.2 cm³/mol. The summed E-state index contributed by atoms with van der Waals surface area (Å²) in [6, 6.07) is 0. The number of hydrogen-bond donors (Lipinski definition) is 0. The van der Waals surface area contributed by atoms with Crippen molar-refractivity contribution in [3.8, 4) is 0 Å². The van der Waals surface area contributed by atoms with Crippen LogP contribution in [0.1, 0.15) is 51.0 Å². The molecule has 0 aromatic carbocycles. The van der Waals surface area contributed by atoms with Gasteiger partial charge < -0.3 is 35.4 Å². The lowest BCUT2D eigenvalue weighted by Gasteiger charge is -1.71. The summed E-state index contributed by atoms with van der Waals surface area (Å²) in [5.74, 6) is 0. The summed E-state index contributed by atoms with van der Waals surface area (Å²) >= 11 is 8.13. The summed E-state index contributed by atoms with van der Waals surface area (Å²) in [6.07, 6.45) is 0. The van der Waals surface area contributed by atoms with Crippen molar-refractivity contribution in [1.29, 1.82) is 0 Å². The van der Waals surface area contributed by atoms with Crippen LogP contribution in [0.25, 0.3) is 0 Å². The van der Waals surface area contributed by atoms with Crippen LogP contribution in [-0.2, 0) is 42.7 Å². The maximum absolute atomic E-state index is 9.55. The minimum atomic E-state index is -1.76. The Balaban J connectivity index is -0.00000000709. The van der Waals surface area contributed by atoms with Gasteiger partial charge >= 0.3 is 14.5 Å². The molecule has 10 heteroatoms. The molecule has 0 rings (SSSR count). The summed E-state index contributed by atoms with van der Waals surface area (Å²) < 4.78 is 27.3. The lowest BCUT2D eigenvalue weighted by Crippen LogP contribution is -1.54. The number of rotatable bonds is 2. The van der Waals surface area contributed by atoms with Gasteiger partial charge in [0.25, 0.3) is 0 Å². The van der Waals surface area contributed by atoms with Crippen molar-refractivity contribution in [2.24, 2.45) is 0 Å². The maximum atomic E-state index is 9.55. The zero-order chi connectivity index (χ0) is 10.6. The Morgan fingerprint density at radius 2 is 0.737 bits per heavy atom. The third kappa shape index (κ3) is 234. The molecular formula is C9H36O6P2S2. The summed E-state index contributed by atoms with van der Waals surface area (Å²) in [4.78, 5) is 0. The summed E-state index contributed by atoms with van der Waals surface area (Å²) in [7, 11) is -0.907. The predicted octanol–water partition coefficient (Wildman–Crippen LogP) is 4.23. The Kier molecular flexibility index (Phi) is 297. The lowest BCUT2D eigenvalue weighted by molar-refractivity contribution is 0.428. The minimum Gasteiger partial charge on any atom is -0.412 e. The van der Waals surface area contributed by atoms with Crippen LogP contribution in [0.4, 0.5) is 0 Å². The lowest BCUT2D eigenvalue weighted by atomic mass is 11.0. The highest BCUT2D eigenvalue weighted by atomic mass is 32.7. The molecule has 0 radical (unpaired) electrons. The van der Waals surface area contributed by atoms with E-state index in [4.69, 9.17) is 0 Å². The standard InChI is InChI=1S/C2H6.2CH3O2PS.5CH4.2H2O/c1-2;2*1-3-4(2)5;;;;;;;/h1-2H3;2*1H3;5*1H4;2*1H2. The zero-order valence-electron chi connectivity index (χ0n) is 8.34. The molecule has 130 valence electrons. The van der Waals surface area contributed by atoms with Crippen molar-refractivity contribution in [3.05, 3.63) is 0 Å². The molecule has 0 amide bonds. The van der Waals surface area contributed by atoms with Crippen LogP contribution in [0.3, 0.4) is 0 Å². The van der Waals surface area contributed by atoms with E-state index in [1.807, 2.05) is 13.8 Å². The summed E-state index contributed by atoms with van der Waals surface area (Å²) in [5.41, 5.74) is 0. The molecule has 0 fully saturated rings. The van der Waals surface area contributed by atoms with Gasteiger partial charge in [0.15, 0.2) is 0 Å². The van der Waals surface area contributed by atoms with Gasteiger partial charge in [-0.15, -0.1) is 0 Å². The van der Waals surface area contributed by atoms with E-state index in [1.54, 1.807) is 0 Å². The fraction of sp³-hybridized carbons (Fsp3) is 1.00. The first-order chi connectivity index (χ1) is 5.54. The molecule has 4 N–H and O–H groups in total. The Labute approximate surface area is 133 Å². The highest BCUT2D eigenvalue weighted by Crippen LogP contribution is 2.13. The highest BCUT2D eigenvalue weighted by Gasteiger charge is 1.81. The largest absolute Gasteiger partial charge is 0.412 e. The van der Waals surface area contributed by atoms with E-state index in [2.05, 4.69) is 33.5 Å². The van der Waals surface area contributed by atoms with Crippen molar-refractivity contribution in [2.75, 3.05) is 14.2 Å². The molecule has 0 saturated heterocycles. The highest BCUT2D eigenvalue weighted by molar-refractivity contribution is 8.26. The van der Waals surface area contributed by atoms with Crippen molar-refractivity contribution in [3.63, 3.8) is 0 Å². The van der Waals surface area contributed by atoms with Gasteiger partial charge in [0.1, 0.15) is 0 Å². The third-order valence-electron chi connectivity index (χ3n) is 0.298. The van der Waals surface area contributed by atoms with Crippen LogP contribution in [0, 0.1) is 0 Å². The molecule has 2 atom stereocenters. The molecule has 6 nitrogen and oxygen atoms in total. The third-order valence-corrected chi connectivity index (χ3v) is 1.79. The van der Waals surface area contributed by atoms with E-state index in [9.17, 15) is 9.13 Å². The zero-order valence-corrected chi connectivity index (χ0v) is 11.8. The van der Waals surface area contributed by atoms with Gasteiger partial charge in [-0.05, 0) is 0 Å². The van der Waals surface area contributed by atoms with E-state index < -0.39 is 14.5 Å². The normalized spacial score (nSPS) is 6.21. The Morgan fingerprint density at radius 3 is 0.737 bits per heavy atom. The number of hydrogen-bond acceptors (Lipinski definition) is 6. The SMILES string of the molecule is C.C.C.C.C.CC.CO[P+](=O)[S-].CO[P+](=O)[S-].O.O. The van der Waals surface area contributed by atoms with Gasteiger partial charge in [0.2, 0.25) is 0 Å². The van der Waals surface area contributed by atoms with Gasteiger partial charge in [-0.25, -0.2) is 0 Å². The van der Waals surface area contributed by atoms with E-state index in [1.165, 1.54) is 14.2 Å². The topological polar surface area (TPSA) is 116 Å². The molecule has 0 aliphatic carbocycles. The van der Waals surface area contributed by atoms with Crippen LogP contribution in [0.15, 0.2) is 0 Å². The van der Waals surface area contributed by atoms with Gasteiger partial charge in [0.05, 0.1) is 14.2 Å². The summed E-state index contributed by atoms with van der Waals surface area (Å²) in [5, 5.41) is 0. The molecule has 0 saturated carbocycles. The average Bonchev–Trinajstić information content (AvgIpc) is 2.09. The maximum Gasteiger partial charge on any atom is 0.372 e. The molecule has 0 heterocycles. The van der Waals surface area contributed by atoms with Crippen molar-refractivity contribution in [1.82, 2.24) is 0 Å². The van der Waals surface area contributed by atoms with Crippen LogP contribution >= 0.6 is 14.5 Å². The van der Waals surface area contributed by atoms with Crippen molar-refractivity contribution in [2.45, 2.75) is 51.0 Å². The minimum absolute atomic E-state index is 0. The molecule has 0 aliphatic heterocycles. The first kappa shape index (κ1) is 73.1. The van der Waals surface area contributed by atoms with E-state index in [0.717, 1.165) is 0 Å². The molecule has 0 aliphatic rings. The average molecular weight is 366 g/mol. The molecule has 0 aromatic rings. The van der Waals surface area contributed by atoms with Crippen molar-refractivity contribution < 1.29 is 29.1 Å². The van der Waals surface area contributed by atoms with Crippen LogP contribution < -0.4 is 0 Å². The summed E-state index contributed by atoms with van der Waals surface area (Å²) in [6.45, 7) is 4.00. The molecular weight excluding hydrogens is 330 g/mol. The Morgan fingerprint density at radius 1 is 0.684 bits per heavy atom.